The van der Waals surface area contributed by atoms with E-state index in [0.29, 0.717) is 13.1 Å². The molecule has 0 bridgehead atoms. The van der Waals surface area contributed by atoms with E-state index in [1.54, 1.807) is 6.20 Å². The van der Waals surface area contributed by atoms with Crippen molar-refractivity contribution in [1.29, 1.82) is 0 Å². The molecule has 3 rings (SSSR count). The number of carbonyl (C=O) groups is 1. The van der Waals surface area contributed by atoms with Crippen LogP contribution in [0.15, 0.2) is 48.8 Å². The maximum atomic E-state index is 12.3. The number of nitrogens with zero attached hydrogens (tertiary/aromatic N) is 2. The summed E-state index contributed by atoms with van der Waals surface area (Å²) in [6.07, 6.45) is 4.45. The van der Waals surface area contributed by atoms with Crippen molar-refractivity contribution < 1.29 is 4.79 Å². The Balaban J connectivity index is 1.49. The number of halogens is 1. The van der Waals surface area contributed by atoms with Gasteiger partial charge in [0.1, 0.15) is 0 Å². The monoisotopic (exact) mass is 358 g/mol. The van der Waals surface area contributed by atoms with E-state index in [1.807, 2.05) is 36.5 Å². The van der Waals surface area contributed by atoms with Crippen LogP contribution in [0.5, 0.6) is 0 Å². The summed E-state index contributed by atoms with van der Waals surface area (Å²) in [5, 5.41) is 7.14. The van der Waals surface area contributed by atoms with Crippen LogP contribution in [-0.4, -0.2) is 48.5 Å². The molecule has 0 saturated carbocycles. The minimum absolute atomic E-state index is 0.0600. The van der Waals surface area contributed by atoms with Gasteiger partial charge in [-0.25, -0.2) is 0 Å². The third-order valence-electron chi connectivity index (χ3n) is 4.42. The third-order valence-corrected chi connectivity index (χ3v) is 4.67. The smallest absolute Gasteiger partial charge is 0.234 e. The van der Waals surface area contributed by atoms with Crippen LogP contribution in [0.1, 0.15) is 17.2 Å². The molecule has 0 radical (unpaired) electrons. The van der Waals surface area contributed by atoms with E-state index in [4.69, 9.17) is 11.6 Å². The van der Waals surface area contributed by atoms with Crippen molar-refractivity contribution in [1.82, 2.24) is 20.5 Å². The van der Waals surface area contributed by atoms with Crippen LogP contribution in [0.25, 0.3) is 0 Å². The molecule has 1 aliphatic heterocycles. The van der Waals surface area contributed by atoms with E-state index in [1.165, 1.54) is 5.56 Å². The number of pyridine rings is 1. The standard InChI is InChI=1S/C19H23ClN4O/c20-17-5-3-15(4-6-17)7-9-23-19(25)14-24-11-10-22-13-18(24)16-2-1-8-21-12-16/h1-6,8,12,18,22H,7,9-11,13-14H2,(H,23,25). The Morgan fingerprint density at radius 3 is 2.92 bits per heavy atom. The quantitative estimate of drug-likeness (QED) is 0.829. The van der Waals surface area contributed by atoms with Gasteiger partial charge in [0.05, 0.1) is 6.54 Å². The zero-order valence-corrected chi connectivity index (χ0v) is 14.9. The summed E-state index contributed by atoms with van der Waals surface area (Å²) in [7, 11) is 0. The van der Waals surface area contributed by atoms with Crippen LogP contribution >= 0.6 is 11.6 Å². The normalized spacial score (nSPS) is 18.0. The molecule has 2 N–H and O–H groups in total. The molecular weight excluding hydrogens is 336 g/mol. The van der Waals surface area contributed by atoms with E-state index < -0.39 is 0 Å². The van der Waals surface area contributed by atoms with Gasteiger partial charge in [-0.1, -0.05) is 29.8 Å². The lowest BCUT2D eigenvalue weighted by atomic mass is 10.1. The van der Waals surface area contributed by atoms with Crippen molar-refractivity contribution in [2.24, 2.45) is 0 Å². The first-order chi connectivity index (χ1) is 12.2. The summed E-state index contributed by atoms with van der Waals surface area (Å²) in [4.78, 5) is 18.7. The summed E-state index contributed by atoms with van der Waals surface area (Å²) < 4.78 is 0. The second kappa shape index (κ2) is 8.94. The van der Waals surface area contributed by atoms with Gasteiger partial charge in [-0.2, -0.15) is 0 Å². The van der Waals surface area contributed by atoms with E-state index in [2.05, 4.69) is 26.6 Å². The first-order valence-electron chi connectivity index (χ1n) is 8.58. The molecule has 2 aromatic rings. The average molecular weight is 359 g/mol. The van der Waals surface area contributed by atoms with Crippen LogP contribution in [0.2, 0.25) is 5.02 Å². The number of aromatic nitrogens is 1. The average Bonchev–Trinajstić information content (AvgIpc) is 2.64. The van der Waals surface area contributed by atoms with Gasteiger partial charge >= 0.3 is 0 Å². The Bertz CT molecular complexity index is 678. The van der Waals surface area contributed by atoms with Crippen molar-refractivity contribution >= 4 is 17.5 Å². The summed E-state index contributed by atoms with van der Waals surface area (Å²) in [6, 6.07) is 11.9. The Morgan fingerprint density at radius 1 is 1.32 bits per heavy atom. The van der Waals surface area contributed by atoms with Crippen molar-refractivity contribution in [3.63, 3.8) is 0 Å². The van der Waals surface area contributed by atoms with Gasteiger partial charge in [0, 0.05) is 49.6 Å². The maximum absolute atomic E-state index is 12.3. The second-order valence-electron chi connectivity index (χ2n) is 6.20. The molecule has 6 heteroatoms. The summed E-state index contributed by atoms with van der Waals surface area (Å²) in [5.41, 5.74) is 2.31. The van der Waals surface area contributed by atoms with Gasteiger partial charge < -0.3 is 10.6 Å². The molecule has 1 aliphatic rings. The zero-order chi connectivity index (χ0) is 17.5. The minimum Gasteiger partial charge on any atom is -0.355 e. The number of hydrogen-bond donors (Lipinski definition) is 2. The van der Waals surface area contributed by atoms with Gasteiger partial charge in [0.2, 0.25) is 5.91 Å². The van der Waals surface area contributed by atoms with E-state index >= 15 is 0 Å². The molecule has 0 aliphatic carbocycles. The van der Waals surface area contributed by atoms with Crippen LogP contribution in [0.3, 0.4) is 0 Å². The maximum Gasteiger partial charge on any atom is 0.234 e. The van der Waals surface area contributed by atoms with Crippen molar-refractivity contribution in [3.8, 4) is 0 Å². The van der Waals surface area contributed by atoms with Gasteiger partial charge in [-0.05, 0) is 35.7 Å². The molecule has 1 aromatic carbocycles. The highest BCUT2D eigenvalue weighted by atomic mass is 35.5. The molecule has 1 aromatic heterocycles. The summed E-state index contributed by atoms with van der Waals surface area (Å²) in [6.45, 7) is 3.62. The Morgan fingerprint density at radius 2 is 2.16 bits per heavy atom. The molecule has 1 fully saturated rings. The fourth-order valence-electron chi connectivity index (χ4n) is 3.08. The zero-order valence-electron chi connectivity index (χ0n) is 14.1. The highest BCUT2D eigenvalue weighted by Crippen LogP contribution is 2.20. The molecule has 5 nitrogen and oxygen atoms in total. The lowest BCUT2D eigenvalue weighted by Gasteiger charge is -2.35. The highest BCUT2D eigenvalue weighted by molar-refractivity contribution is 6.30. The van der Waals surface area contributed by atoms with E-state index in [-0.39, 0.29) is 11.9 Å². The molecule has 132 valence electrons. The first kappa shape index (κ1) is 17.9. The van der Waals surface area contributed by atoms with E-state index in [0.717, 1.165) is 36.6 Å². The molecule has 2 heterocycles. The number of amides is 1. The Hall–Kier alpha value is -1.95. The molecular formula is C19H23ClN4O. The fraction of sp³-hybridized carbons (Fsp3) is 0.368. The lowest BCUT2D eigenvalue weighted by molar-refractivity contribution is -0.123. The first-order valence-corrected chi connectivity index (χ1v) is 8.96. The molecule has 1 atom stereocenters. The van der Waals surface area contributed by atoms with Crippen LogP contribution in [0.4, 0.5) is 0 Å². The molecule has 1 unspecified atom stereocenters. The fourth-order valence-corrected chi connectivity index (χ4v) is 3.20. The highest BCUT2D eigenvalue weighted by Gasteiger charge is 2.25. The number of carbonyl (C=O) groups excluding carboxylic acids is 1. The third kappa shape index (κ3) is 5.26. The Labute approximate surface area is 153 Å². The SMILES string of the molecule is O=C(CN1CCNCC1c1cccnc1)NCCc1ccc(Cl)cc1. The van der Waals surface area contributed by atoms with Crippen molar-refractivity contribution in [2.45, 2.75) is 12.5 Å². The topological polar surface area (TPSA) is 57.3 Å². The van der Waals surface area contributed by atoms with E-state index in [9.17, 15) is 4.79 Å². The Kier molecular flexibility index (Phi) is 6.39. The van der Waals surface area contributed by atoms with Gasteiger partial charge in [-0.15, -0.1) is 0 Å². The molecule has 1 amide bonds. The summed E-state index contributed by atoms with van der Waals surface area (Å²) >= 11 is 5.88. The van der Waals surface area contributed by atoms with Crippen LogP contribution in [-0.2, 0) is 11.2 Å². The number of piperazine rings is 1. The second-order valence-corrected chi connectivity index (χ2v) is 6.64. The van der Waals surface area contributed by atoms with Gasteiger partial charge in [0.15, 0.2) is 0 Å². The summed E-state index contributed by atoms with van der Waals surface area (Å²) in [5.74, 6) is 0.0600. The van der Waals surface area contributed by atoms with Gasteiger partial charge in [-0.3, -0.25) is 14.7 Å². The van der Waals surface area contributed by atoms with Crippen LogP contribution in [0, 0.1) is 0 Å². The molecule has 25 heavy (non-hydrogen) atoms. The number of benzene rings is 1. The van der Waals surface area contributed by atoms with Gasteiger partial charge in [0.25, 0.3) is 0 Å². The molecule has 1 saturated heterocycles. The number of hydrogen-bond acceptors (Lipinski definition) is 4. The number of nitrogens with one attached hydrogen (secondary N) is 2. The van der Waals surface area contributed by atoms with Crippen molar-refractivity contribution in [2.75, 3.05) is 32.7 Å². The molecule has 0 spiro atoms. The van der Waals surface area contributed by atoms with Crippen molar-refractivity contribution in [3.05, 3.63) is 64.9 Å². The largest absolute Gasteiger partial charge is 0.355 e. The van der Waals surface area contributed by atoms with Crippen LogP contribution < -0.4 is 10.6 Å². The lowest BCUT2D eigenvalue weighted by Crippen LogP contribution is -2.49. The predicted octanol–water partition coefficient (Wildman–Crippen LogP) is 2.04. The number of rotatable bonds is 6. The predicted molar refractivity (Wildman–Crippen MR) is 99.6 cm³/mol. The minimum atomic E-state index is 0.0600.